The fourth-order valence-corrected chi connectivity index (χ4v) is 6.55. The van der Waals surface area contributed by atoms with Crippen LogP contribution in [0, 0.1) is 6.92 Å². The van der Waals surface area contributed by atoms with Gasteiger partial charge in [-0.3, -0.25) is 9.48 Å². The maximum atomic E-state index is 14.7. The van der Waals surface area contributed by atoms with Crippen molar-refractivity contribution in [2.24, 2.45) is 7.05 Å². The summed E-state index contributed by atoms with van der Waals surface area (Å²) in [4.78, 5) is 26.0. The van der Waals surface area contributed by atoms with Gasteiger partial charge in [0.1, 0.15) is 18.2 Å². The van der Waals surface area contributed by atoms with Crippen LogP contribution in [0.2, 0.25) is 5.02 Å². The van der Waals surface area contributed by atoms with E-state index in [2.05, 4.69) is 31.9 Å². The molecule has 0 atom stereocenters. The molecular formula is C33H27ClFN7O2S. The van der Waals surface area contributed by atoms with Gasteiger partial charge in [-0.2, -0.15) is 5.10 Å². The van der Waals surface area contributed by atoms with Crippen LogP contribution < -0.4 is 15.8 Å². The van der Waals surface area contributed by atoms with Gasteiger partial charge in [0, 0.05) is 74.2 Å². The van der Waals surface area contributed by atoms with Crippen molar-refractivity contribution in [2.45, 2.75) is 20.5 Å². The quantitative estimate of drug-likeness (QED) is 0.161. The van der Waals surface area contributed by atoms with Gasteiger partial charge >= 0.3 is 6.01 Å². The molecule has 4 aromatic heterocycles. The Kier molecular flexibility index (Phi) is 8.05. The molecule has 0 saturated carbocycles. The molecule has 0 bridgehead atoms. The highest BCUT2D eigenvalue weighted by Gasteiger charge is 2.24. The Morgan fingerprint density at radius 1 is 1.13 bits per heavy atom. The Bertz CT molecular complexity index is 2120. The first-order valence-electron chi connectivity index (χ1n) is 13.8. The third kappa shape index (κ3) is 5.87. The van der Waals surface area contributed by atoms with Gasteiger partial charge in [-0.15, -0.1) is 11.3 Å². The highest BCUT2D eigenvalue weighted by molar-refractivity contribution is 7.23. The Morgan fingerprint density at radius 3 is 2.64 bits per heavy atom. The molecule has 0 spiro atoms. The van der Waals surface area contributed by atoms with Crippen LogP contribution in [0.4, 0.5) is 15.9 Å². The van der Waals surface area contributed by atoms with Crippen LogP contribution in [0.5, 0.6) is 11.8 Å². The molecule has 0 saturated heterocycles. The molecule has 0 fully saturated rings. The molecule has 0 aliphatic carbocycles. The number of nitrogens with one attached hydrogen (secondary N) is 1. The van der Waals surface area contributed by atoms with Gasteiger partial charge in [0.25, 0.3) is 5.91 Å². The van der Waals surface area contributed by atoms with Crippen molar-refractivity contribution < 1.29 is 13.9 Å². The lowest BCUT2D eigenvalue weighted by molar-refractivity contribution is -0.112. The standard InChI is InChI=1S/C33H27ClFN7O2S/c1-17(2)32(43)41-22-6-7-23(20(11-22)13-35)29-27(19-5-8-26(25(34)12-19)44-33-37-10-9-18(3)40-33)28-30(45-29)24(15-38-31(28)36)21-14-39-42(4)16-21/h5-12,14-16H,1,13H2,2-4H3,(H2,36,38)(H,41,43). The van der Waals surface area contributed by atoms with Gasteiger partial charge in [0.2, 0.25) is 0 Å². The molecule has 6 rings (SSSR count). The summed E-state index contributed by atoms with van der Waals surface area (Å²) in [6.45, 7) is 6.35. The van der Waals surface area contributed by atoms with Gasteiger partial charge < -0.3 is 15.8 Å². The molecule has 9 nitrogen and oxygen atoms in total. The van der Waals surface area contributed by atoms with E-state index in [1.807, 2.05) is 26.2 Å². The molecule has 3 N–H and O–H groups in total. The van der Waals surface area contributed by atoms with E-state index in [4.69, 9.17) is 22.1 Å². The van der Waals surface area contributed by atoms with Crippen LogP contribution in [-0.2, 0) is 18.5 Å². The molecule has 0 radical (unpaired) electrons. The third-order valence-electron chi connectivity index (χ3n) is 7.09. The number of hydrogen-bond acceptors (Lipinski definition) is 8. The molecule has 1 amide bonds. The topological polar surface area (TPSA) is 121 Å². The fourth-order valence-electron chi connectivity index (χ4n) is 4.91. The number of hydrogen-bond donors (Lipinski definition) is 2. The fraction of sp³-hybridized carbons (Fsp3) is 0.121. The SMILES string of the molecule is C=C(C)C(=O)Nc1ccc(-c2sc3c(-c4cnn(C)c4)cnc(N)c3c2-c2ccc(Oc3nccc(C)n3)c(Cl)c2)c(CF)c1. The first kappa shape index (κ1) is 29.9. The number of thiophene rings is 1. The van der Waals surface area contributed by atoms with Crippen molar-refractivity contribution in [2.75, 3.05) is 11.1 Å². The van der Waals surface area contributed by atoms with E-state index in [0.717, 1.165) is 37.5 Å². The van der Waals surface area contributed by atoms with Crippen molar-refractivity contribution >= 4 is 50.4 Å². The molecule has 4 heterocycles. The lowest BCUT2D eigenvalue weighted by Gasteiger charge is -2.13. The van der Waals surface area contributed by atoms with Crippen LogP contribution in [0.15, 0.2) is 79.4 Å². The zero-order valence-electron chi connectivity index (χ0n) is 24.6. The second-order valence-corrected chi connectivity index (χ2v) is 11.9. The number of carbonyl (C=O) groups excluding carboxylic acids is 1. The summed E-state index contributed by atoms with van der Waals surface area (Å²) in [6.07, 6.45) is 6.98. The normalized spacial score (nSPS) is 11.1. The maximum Gasteiger partial charge on any atom is 0.322 e. The van der Waals surface area contributed by atoms with Crippen LogP contribution in [0.25, 0.3) is 42.8 Å². The van der Waals surface area contributed by atoms with E-state index < -0.39 is 6.67 Å². The number of fused-ring (bicyclic) bond motifs is 1. The van der Waals surface area contributed by atoms with Crippen LogP contribution >= 0.6 is 22.9 Å². The largest absolute Gasteiger partial charge is 0.423 e. The summed E-state index contributed by atoms with van der Waals surface area (Å²) in [5.41, 5.74) is 12.3. The predicted molar refractivity (Wildman–Crippen MR) is 177 cm³/mol. The monoisotopic (exact) mass is 639 g/mol. The second kappa shape index (κ2) is 12.1. The van der Waals surface area contributed by atoms with E-state index in [1.165, 1.54) is 11.3 Å². The summed E-state index contributed by atoms with van der Waals surface area (Å²) in [7, 11) is 1.84. The molecule has 45 heavy (non-hydrogen) atoms. The number of aryl methyl sites for hydroxylation is 2. The van der Waals surface area contributed by atoms with Gasteiger partial charge in [-0.25, -0.2) is 19.3 Å². The van der Waals surface area contributed by atoms with E-state index in [-0.39, 0.29) is 11.9 Å². The molecule has 0 aliphatic rings. The molecule has 6 aromatic rings. The smallest absolute Gasteiger partial charge is 0.322 e. The summed E-state index contributed by atoms with van der Waals surface area (Å²) >= 11 is 8.23. The number of halogens is 2. The average molecular weight is 640 g/mol. The summed E-state index contributed by atoms with van der Waals surface area (Å²) in [5, 5.41) is 8.12. The minimum absolute atomic E-state index is 0.173. The van der Waals surface area contributed by atoms with Gasteiger partial charge in [0.15, 0.2) is 0 Å². The Balaban J connectivity index is 1.56. The highest BCUT2D eigenvalue weighted by atomic mass is 35.5. The van der Waals surface area contributed by atoms with E-state index in [9.17, 15) is 9.18 Å². The third-order valence-corrected chi connectivity index (χ3v) is 8.64. The minimum Gasteiger partial charge on any atom is -0.423 e. The van der Waals surface area contributed by atoms with E-state index >= 15 is 0 Å². The zero-order valence-corrected chi connectivity index (χ0v) is 26.1. The number of aromatic nitrogens is 5. The van der Waals surface area contributed by atoms with Gasteiger partial charge in [-0.05, 0) is 60.9 Å². The Morgan fingerprint density at radius 2 is 1.96 bits per heavy atom. The number of alkyl halides is 1. The average Bonchev–Trinajstić information content (AvgIpc) is 3.63. The van der Waals surface area contributed by atoms with Gasteiger partial charge in [0.05, 0.1) is 11.2 Å². The molecule has 226 valence electrons. The lowest BCUT2D eigenvalue weighted by Crippen LogP contribution is -2.12. The number of pyridine rings is 1. The zero-order chi connectivity index (χ0) is 31.8. The highest BCUT2D eigenvalue weighted by Crippen LogP contribution is 2.51. The first-order valence-corrected chi connectivity index (χ1v) is 15.0. The predicted octanol–water partition coefficient (Wildman–Crippen LogP) is 8.14. The molecule has 0 unspecified atom stereocenters. The number of anilines is 2. The Hall–Kier alpha value is -5.13. The van der Waals surface area contributed by atoms with Crippen LogP contribution in [0.1, 0.15) is 18.2 Å². The van der Waals surface area contributed by atoms with E-state index in [1.54, 1.807) is 66.6 Å². The number of benzene rings is 2. The number of nitrogen functional groups attached to an aromatic ring is 1. The number of carbonyl (C=O) groups is 1. The van der Waals surface area contributed by atoms with Crippen molar-refractivity contribution in [1.29, 1.82) is 0 Å². The molecule has 2 aromatic carbocycles. The lowest BCUT2D eigenvalue weighted by atomic mass is 9.95. The van der Waals surface area contributed by atoms with Crippen LogP contribution in [0.3, 0.4) is 0 Å². The number of rotatable bonds is 8. The summed E-state index contributed by atoms with van der Waals surface area (Å²) < 4.78 is 23.1. The number of ether oxygens (including phenoxy) is 1. The minimum atomic E-state index is -0.771. The number of nitrogens with zero attached hydrogens (tertiary/aromatic N) is 5. The van der Waals surface area contributed by atoms with Crippen molar-refractivity contribution in [1.82, 2.24) is 24.7 Å². The molecule has 12 heteroatoms. The van der Waals surface area contributed by atoms with Crippen molar-refractivity contribution in [3.63, 3.8) is 0 Å². The van der Waals surface area contributed by atoms with Crippen molar-refractivity contribution in [3.8, 4) is 44.5 Å². The molecule has 0 aliphatic heterocycles. The Labute approximate surface area is 267 Å². The summed E-state index contributed by atoms with van der Waals surface area (Å²) in [6, 6.07) is 12.5. The first-order chi connectivity index (χ1) is 21.6. The van der Waals surface area contributed by atoms with E-state index in [0.29, 0.717) is 44.4 Å². The maximum absolute atomic E-state index is 14.7. The summed E-state index contributed by atoms with van der Waals surface area (Å²) in [5.74, 6) is 0.339. The second-order valence-electron chi connectivity index (χ2n) is 10.4. The number of amides is 1. The van der Waals surface area contributed by atoms with Crippen molar-refractivity contribution in [3.05, 3.63) is 95.7 Å². The molecular weight excluding hydrogens is 613 g/mol. The number of nitrogens with two attached hydrogens (primary N) is 1. The van der Waals surface area contributed by atoms with Crippen LogP contribution in [-0.4, -0.2) is 30.6 Å². The van der Waals surface area contributed by atoms with Gasteiger partial charge in [-0.1, -0.05) is 30.3 Å².